The molecular weight excluding hydrogens is 973 g/mol. The van der Waals surface area contributed by atoms with E-state index in [1.54, 1.807) is 0 Å². The van der Waals surface area contributed by atoms with Crippen molar-refractivity contribution in [2.45, 2.75) is 242 Å². The number of ether oxygens (including phenoxy) is 8. The minimum absolute atomic E-state index is 0.0778. The summed E-state index contributed by atoms with van der Waals surface area (Å²) in [5, 5.41) is 128. The van der Waals surface area contributed by atoms with Gasteiger partial charge < -0.3 is 99.2 Å². The first-order valence-electron chi connectivity index (χ1n) is 27.1. The Balaban J connectivity index is 0.891. The van der Waals surface area contributed by atoms with Gasteiger partial charge in [0.15, 0.2) is 18.9 Å². The van der Waals surface area contributed by atoms with Gasteiger partial charge in [0.2, 0.25) is 6.29 Å². The van der Waals surface area contributed by atoms with Gasteiger partial charge in [-0.25, -0.2) is 0 Å². The van der Waals surface area contributed by atoms with Crippen LogP contribution in [0.25, 0.3) is 0 Å². The van der Waals surface area contributed by atoms with Gasteiger partial charge >= 0.3 is 5.97 Å². The van der Waals surface area contributed by atoms with Crippen molar-refractivity contribution in [1.82, 2.24) is 0 Å². The number of aliphatic hydroxyl groups excluding tert-OH is 12. The van der Waals surface area contributed by atoms with E-state index in [0.29, 0.717) is 25.2 Å². The molecule has 4 heterocycles. The standard InChI is InChI=1S/C53H86O21/c1-23-32(56)35(59)39(63)45(69-23)73-42-27(20-54)70-43(41(65)37(42)61)68-22-28-34(58)36(60)40(64)46(71-28)74-47(66)53-17-15-48(2,3)19-25(53)24-9-10-30-50(6)13-12-31(72-44-38(62)33(57)26(55)21-67-44)49(4,5)29(50)11-14-52(30,8)51(24,7)16-18-53/h9,23,25-46,54-65H,10-22H2,1-8H3/t23-,25-,26+,27-,28-,29-,30-,31+,32-,33+,34-,35+,36-,37+,38+,39-,40+,41-,42+,43-,44+,45+,46-,50-,51+,52-,53-/m0/s1. The van der Waals surface area contributed by atoms with Crippen LogP contribution in [0, 0.1) is 50.2 Å². The molecule has 0 bridgehead atoms. The normalized spacial score (nSPS) is 54.1. The van der Waals surface area contributed by atoms with Gasteiger partial charge in [-0.05, 0) is 116 Å². The first kappa shape index (κ1) is 57.1. The van der Waals surface area contributed by atoms with Crippen LogP contribution in [-0.2, 0) is 42.7 Å². The van der Waals surface area contributed by atoms with Gasteiger partial charge in [-0.2, -0.15) is 0 Å². The number of hydrogen-bond donors (Lipinski definition) is 12. The molecule has 27 atom stereocenters. The Hall–Kier alpha value is -1.55. The topological polar surface area (TPSA) is 334 Å². The molecule has 9 rings (SSSR count). The van der Waals surface area contributed by atoms with E-state index in [2.05, 4.69) is 54.5 Å². The van der Waals surface area contributed by atoms with Crippen LogP contribution in [0.4, 0.5) is 0 Å². The molecule has 0 aromatic carbocycles. The van der Waals surface area contributed by atoms with Crippen LogP contribution in [0.15, 0.2) is 11.6 Å². The molecule has 424 valence electrons. The Bertz CT molecular complexity index is 2040. The van der Waals surface area contributed by atoms with E-state index in [1.807, 2.05) is 0 Å². The average molecular weight is 1060 g/mol. The summed E-state index contributed by atoms with van der Waals surface area (Å²) < 4.78 is 47.1. The molecule has 5 aliphatic carbocycles. The highest BCUT2D eigenvalue weighted by atomic mass is 16.8. The lowest BCUT2D eigenvalue weighted by atomic mass is 9.33. The van der Waals surface area contributed by atoms with Crippen LogP contribution in [0.3, 0.4) is 0 Å². The van der Waals surface area contributed by atoms with Crippen LogP contribution in [0.2, 0.25) is 0 Å². The Morgan fingerprint density at radius 1 is 0.635 bits per heavy atom. The van der Waals surface area contributed by atoms with Crippen molar-refractivity contribution < 1.29 is 104 Å². The number of rotatable bonds is 10. The van der Waals surface area contributed by atoms with Gasteiger partial charge in [-0.3, -0.25) is 4.79 Å². The first-order valence-corrected chi connectivity index (χ1v) is 27.1. The fraction of sp³-hybridized carbons (Fsp3) is 0.943. The molecule has 4 aliphatic heterocycles. The van der Waals surface area contributed by atoms with E-state index in [4.69, 9.17) is 37.9 Å². The maximum atomic E-state index is 15.1. The van der Waals surface area contributed by atoms with E-state index in [9.17, 15) is 61.3 Å². The Kier molecular flexibility index (Phi) is 15.8. The Morgan fingerprint density at radius 3 is 1.97 bits per heavy atom. The highest BCUT2D eigenvalue weighted by Gasteiger charge is 2.70. The van der Waals surface area contributed by atoms with Crippen LogP contribution >= 0.6 is 0 Å². The third-order valence-corrected chi connectivity index (χ3v) is 21.0. The molecule has 0 radical (unpaired) electrons. The van der Waals surface area contributed by atoms with E-state index in [0.717, 1.165) is 44.9 Å². The van der Waals surface area contributed by atoms with Crippen LogP contribution in [0.1, 0.15) is 120 Å². The number of carbonyl (C=O) groups excluding carboxylic acids is 1. The van der Waals surface area contributed by atoms with Crippen molar-refractivity contribution in [2.75, 3.05) is 19.8 Å². The highest BCUT2D eigenvalue weighted by molar-refractivity contribution is 5.79. The molecule has 21 nitrogen and oxygen atoms in total. The molecule has 12 N–H and O–H groups in total. The van der Waals surface area contributed by atoms with Crippen molar-refractivity contribution in [3.8, 4) is 0 Å². The summed E-state index contributed by atoms with van der Waals surface area (Å²) in [6.07, 6.45) is -19.6. The first-order chi connectivity index (χ1) is 34.6. The molecule has 9 aliphatic rings. The summed E-state index contributed by atoms with van der Waals surface area (Å²) in [4.78, 5) is 15.1. The molecule has 4 saturated carbocycles. The summed E-state index contributed by atoms with van der Waals surface area (Å²) in [7, 11) is 0. The van der Waals surface area contributed by atoms with Crippen LogP contribution in [-0.4, -0.2) is 210 Å². The molecule has 0 aromatic rings. The van der Waals surface area contributed by atoms with Gasteiger partial charge in [0, 0.05) is 0 Å². The molecule has 0 spiro atoms. The van der Waals surface area contributed by atoms with Crippen molar-refractivity contribution in [3.05, 3.63) is 11.6 Å². The summed E-state index contributed by atoms with van der Waals surface area (Å²) in [5.74, 6) is -0.203. The zero-order valence-corrected chi connectivity index (χ0v) is 44.1. The van der Waals surface area contributed by atoms with Crippen LogP contribution < -0.4 is 0 Å². The molecular formula is C53H86O21. The third kappa shape index (κ3) is 9.27. The lowest BCUT2D eigenvalue weighted by Crippen LogP contribution is -2.66. The number of carbonyl (C=O) groups is 1. The quantitative estimate of drug-likeness (QED) is 0.0755. The van der Waals surface area contributed by atoms with Gasteiger partial charge in [0.05, 0.1) is 37.4 Å². The molecule has 8 fully saturated rings. The summed E-state index contributed by atoms with van der Waals surface area (Å²) in [5.41, 5.74) is -0.647. The fourth-order valence-corrected chi connectivity index (χ4v) is 16.1. The summed E-state index contributed by atoms with van der Waals surface area (Å²) in [6.45, 7) is 16.1. The smallest absolute Gasteiger partial charge is 0.315 e. The zero-order chi connectivity index (χ0) is 54.0. The second-order valence-electron chi connectivity index (χ2n) is 25.8. The summed E-state index contributed by atoms with van der Waals surface area (Å²) in [6, 6.07) is 0. The number of esters is 1. The molecule has 0 aromatic heterocycles. The van der Waals surface area contributed by atoms with Crippen molar-refractivity contribution >= 4 is 5.97 Å². The average Bonchev–Trinajstić information content (AvgIpc) is 3.34. The maximum absolute atomic E-state index is 15.1. The summed E-state index contributed by atoms with van der Waals surface area (Å²) >= 11 is 0. The minimum Gasteiger partial charge on any atom is -0.432 e. The van der Waals surface area contributed by atoms with Gasteiger partial charge in [-0.1, -0.05) is 60.1 Å². The SMILES string of the molecule is C[C@@H]1O[C@H](O[C@H]2[C@H](O)[C@H](O)[C@@H](OC[C@@H]3O[C@@H](OC(=O)[C@]45CCC(C)(C)C[C@H]4C4=CC[C@H]6[C@@]7(C)CC[C@@H](O[C@H]8OC[C@@H](O)[C@@H](O)[C@H]8O)C(C)(C)[C@@H]7CC[C@]6(C)[C@]4(C)CC5)[C@H](O)[C@@H](O)[C@H]3O)O[C@H]2CO)[C@@H](O)[C@H](O)[C@H]1O. The lowest BCUT2D eigenvalue weighted by Gasteiger charge is -2.71. The fourth-order valence-electron chi connectivity index (χ4n) is 16.1. The number of fused-ring (bicyclic) bond motifs is 7. The molecule has 4 saturated heterocycles. The number of aliphatic hydroxyl groups is 12. The molecule has 0 amide bonds. The Morgan fingerprint density at radius 2 is 1.27 bits per heavy atom. The second-order valence-corrected chi connectivity index (χ2v) is 25.8. The monoisotopic (exact) mass is 1060 g/mol. The van der Waals surface area contributed by atoms with E-state index in [-0.39, 0.29) is 51.6 Å². The molecule has 0 unspecified atom stereocenters. The second kappa shape index (κ2) is 20.5. The van der Waals surface area contributed by atoms with Gasteiger partial charge in [-0.15, -0.1) is 0 Å². The van der Waals surface area contributed by atoms with Crippen molar-refractivity contribution in [2.24, 2.45) is 50.2 Å². The van der Waals surface area contributed by atoms with Crippen molar-refractivity contribution in [1.29, 1.82) is 0 Å². The molecule has 74 heavy (non-hydrogen) atoms. The zero-order valence-electron chi connectivity index (χ0n) is 44.1. The number of hydrogen-bond acceptors (Lipinski definition) is 21. The van der Waals surface area contributed by atoms with Crippen LogP contribution in [0.5, 0.6) is 0 Å². The maximum Gasteiger partial charge on any atom is 0.315 e. The third-order valence-electron chi connectivity index (χ3n) is 21.0. The highest BCUT2D eigenvalue weighted by Crippen LogP contribution is 2.76. The largest absolute Gasteiger partial charge is 0.432 e. The lowest BCUT2D eigenvalue weighted by molar-refractivity contribution is -0.361. The van der Waals surface area contributed by atoms with E-state index >= 15 is 4.79 Å². The Labute approximate surface area is 433 Å². The predicted molar refractivity (Wildman–Crippen MR) is 255 cm³/mol. The van der Waals surface area contributed by atoms with Crippen molar-refractivity contribution in [3.63, 3.8) is 0 Å². The predicted octanol–water partition coefficient (Wildman–Crippen LogP) is -0.369. The van der Waals surface area contributed by atoms with Gasteiger partial charge in [0.25, 0.3) is 0 Å². The molecule has 21 heteroatoms. The number of allylic oxidation sites excluding steroid dienone is 2. The van der Waals surface area contributed by atoms with E-state index in [1.165, 1.54) is 12.5 Å². The van der Waals surface area contributed by atoms with E-state index < -0.39 is 141 Å². The van der Waals surface area contributed by atoms with Gasteiger partial charge in [0.1, 0.15) is 85.5 Å². The minimum atomic E-state index is -1.86.